The van der Waals surface area contributed by atoms with Crippen molar-refractivity contribution in [1.29, 1.82) is 0 Å². The Morgan fingerprint density at radius 3 is 2.61 bits per heavy atom. The SMILES string of the molecule is Cc1cccc(C(Cc2ccc(O)c(O)c2)c2cnc[nH]2)c1C. The number of aromatic nitrogens is 2. The summed E-state index contributed by atoms with van der Waals surface area (Å²) in [6.45, 7) is 4.23. The quantitative estimate of drug-likeness (QED) is 0.642. The lowest BCUT2D eigenvalue weighted by atomic mass is 9.85. The minimum atomic E-state index is -0.0985. The number of nitrogens with zero attached hydrogens (tertiary/aromatic N) is 1. The molecule has 3 rings (SSSR count). The molecule has 4 nitrogen and oxygen atoms in total. The fourth-order valence-corrected chi connectivity index (χ4v) is 2.93. The molecule has 0 aliphatic rings. The highest BCUT2D eigenvalue weighted by atomic mass is 16.3. The van der Waals surface area contributed by atoms with Crippen molar-refractivity contribution in [2.45, 2.75) is 26.2 Å². The van der Waals surface area contributed by atoms with Gasteiger partial charge in [0, 0.05) is 17.8 Å². The Morgan fingerprint density at radius 1 is 1.09 bits per heavy atom. The van der Waals surface area contributed by atoms with Crippen LogP contribution in [0.1, 0.15) is 33.9 Å². The Morgan fingerprint density at radius 2 is 1.91 bits per heavy atom. The van der Waals surface area contributed by atoms with Crippen LogP contribution in [0.3, 0.4) is 0 Å². The second-order valence-corrected chi connectivity index (χ2v) is 5.88. The average Bonchev–Trinajstić information content (AvgIpc) is 3.06. The normalized spacial score (nSPS) is 12.3. The van der Waals surface area contributed by atoms with Gasteiger partial charge in [0.05, 0.1) is 6.33 Å². The minimum Gasteiger partial charge on any atom is -0.504 e. The Hall–Kier alpha value is -2.75. The summed E-state index contributed by atoms with van der Waals surface area (Å²) in [6, 6.07) is 11.3. The Bertz CT molecular complexity index is 810. The van der Waals surface area contributed by atoms with Crippen LogP contribution in [-0.4, -0.2) is 20.2 Å². The maximum Gasteiger partial charge on any atom is 0.157 e. The molecule has 3 aromatic rings. The largest absolute Gasteiger partial charge is 0.504 e. The van der Waals surface area contributed by atoms with E-state index in [4.69, 9.17) is 0 Å². The van der Waals surface area contributed by atoms with Crippen molar-refractivity contribution in [2.24, 2.45) is 0 Å². The Labute approximate surface area is 135 Å². The molecule has 1 aromatic heterocycles. The summed E-state index contributed by atoms with van der Waals surface area (Å²) in [4.78, 5) is 7.35. The lowest BCUT2D eigenvalue weighted by molar-refractivity contribution is 0.403. The van der Waals surface area contributed by atoms with Crippen LogP contribution in [0.15, 0.2) is 48.9 Å². The van der Waals surface area contributed by atoms with Gasteiger partial charge in [-0.25, -0.2) is 4.98 Å². The predicted octanol–water partition coefficient (Wildman–Crippen LogP) is 3.81. The van der Waals surface area contributed by atoms with E-state index in [1.807, 2.05) is 12.3 Å². The van der Waals surface area contributed by atoms with E-state index in [1.54, 1.807) is 12.4 Å². The molecule has 1 atom stereocenters. The first-order valence-corrected chi connectivity index (χ1v) is 7.61. The van der Waals surface area contributed by atoms with Crippen LogP contribution < -0.4 is 0 Å². The molecule has 118 valence electrons. The van der Waals surface area contributed by atoms with Crippen LogP contribution in [0.2, 0.25) is 0 Å². The zero-order valence-electron chi connectivity index (χ0n) is 13.2. The van der Waals surface area contributed by atoms with E-state index in [0.717, 1.165) is 11.3 Å². The lowest BCUT2D eigenvalue weighted by Crippen LogP contribution is -2.08. The van der Waals surface area contributed by atoms with Crippen molar-refractivity contribution in [3.05, 3.63) is 76.9 Å². The number of imidazole rings is 1. The Kier molecular flexibility index (Phi) is 4.06. The van der Waals surface area contributed by atoms with E-state index in [2.05, 4.69) is 42.0 Å². The van der Waals surface area contributed by atoms with Gasteiger partial charge in [-0.05, 0) is 54.7 Å². The third-order valence-electron chi connectivity index (χ3n) is 4.40. The molecular formula is C19H20N2O2. The maximum atomic E-state index is 9.74. The maximum absolute atomic E-state index is 9.74. The van der Waals surface area contributed by atoms with Crippen molar-refractivity contribution in [3.63, 3.8) is 0 Å². The van der Waals surface area contributed by atoms with Gasteiger partial charge in [-0.1, -0.05) is 24.3 Å². The van der Waals surface area contributed by atoms with Gasteiger partial charge in [0.15, 0.2) is 11.5 Å². The molecular weight excluding hydrogens is 288 g/mol. The van der Waals surface area contributed by atoms with Gasteiger partial charge >= 0.3 is 0 Å². The highest BCUT2D eigenvalue weighted by Crippen LogP contribution is 2.33. The van der Waals surface area contributed by atoms with Gasteiger partial charge in [0.1, 0.15) is 0 Å². The topological polar surface area (TPSA) is 69.1 Å². The van der Waals surface area contributed by atoms with Gasteiger partial charge < -0.3 is 15.2 Å². The van der Waals surface area contributed by atoms with Crippen LogP contribution >= 0.6 is 0 Å². The first-order valence-electron chi connectivity index (χ1n) is 7.61. The fraction of sp³-hybridized carbons (Fsp3) is 0.211. The number of aryl methyl sites for hydroxylation is 1. The second kappa shape index (κ2) is 6.16. The van der Waals surface area contributed by atoms with E-state index < -0.39 is 0 Å². The molecule has 0 bridgehead atoms. The molecule has 2 aromatic carbocycles. The summed E-state index contributed by atoms with van der Waals surface area (Å²) in [6.07, 6.45) is 4.23. The summed E-state index contributed by atoms with van der Waals surface area (Å²) in [5.41, 5.74) is 5.74. The first kappa shape index (κ1) is 15.2. The highest BCUT2D eigenvalue weighted by Gasteiger charge is 2.19. The third-order valence-corrected chi connectivity index (χ3v) is 4.40. The number of rotatable bonds is 4. The van der Waals surface area contributed by atoms with Crippen LogP contribution in [0.4, 0.5) is 0 Å². The molecule has 0 aliphatic heterocycles. The molecule has 0 saturated carbocycles. The van der Waals surface area contributed by atoms with Crippen molar-refractivity contribution in [3.8, 4) is 11.5 Å². The summed E-state index contributed by atoms with van der Waals surface area (Å²) in [7, 11) is 0. The minimum absolute atomic E-state index is 0.0909. The molecule has 1 heterocycles. The van der Waals surface area contributed by atoms with Crippen molar-refractivity contribution in [2.75, 3.05) is 0 Å². The van der Waals surface area contributed by atoms with Gasteiger partial charge in [0.25, 0.3) is 0 Å². The van der Waals surface area contributed by atoms with E-state index >= 15 is 0 Å². The number of aromatic hydroxyl groups is 2. The highest BCUT2D eigenvalue weighted by molar-refractivity contribution is 5.44. The molecule has 3 N–H and O–H groups in total. The molecule has 0 radical (unpaired) electrons. The van der Waals surface area contributed by atoms with Gasteiger partial charge in [-0.3, -0.25) is 0 Å². The van der Waals surface area contributed by atoms with Crippen molar-refractivity contribution < 1.29 is 10.2 Å². The first-order chi connectivity index (χ1) is 11.1. The molecule has 23 heavy (non-hydrogen) atoms. The number of phenolic OH excluding ortho intramolecular Hbond substituents is 2. The number of H-pyrrole nitrogens is 1. The molecule has 4 heteroatoms. The van der Waals surface area contributed by atoms with E-state index in [0.29, 0.717) is 6.42 Å². The number of aromatic amines is 1. The molecule has 1 unspecified atom stereocenters. The number of phenols is 2. The summed E-state index contributed by atoms with van der Waals surface area (Å²) in [5, 5.41) is 19.2. The monoisotopic (exact) mass is 308 g/mol. The summed E-state index contributed by atoms with van der Waals surface area (Å²) in [5.74, 6) is -0.0771. The molecule has 0 fully saturated rings. The fourth-order valence-electron chi connectivity index (χ4n) is 2.93. The van der Waals surface area contributed by atoms with Crippen LogP contribution in [-0.2, 0) is 6.42 Å². The second-order valence-electron chi connectivity index (χ2n) is 5.88. The third kappa shape index (κ3) is 3.06. The summed E-state index contributed by atoms with van der Waals surface area (Å²) >= 11 is 0. The van der Waals surface area contributed by atoms with Gasteiger partial charge in [-0.15, -0.1) is 0 Å². The van der Waals surface area contributed by atoms with Gasteiger partial charge in [-0.2, -0.15) is 0 Å². The average molecular weight is 308 g/mol. The number of nitrogens with one attached hydrogen (secondary N) is 1. The predicted molar refractivity (Wildman–Crippen MR) is 89.8 cm³/mol. The van der Waals surface area contributed by atoms with Crippen LogP contribution in [0.25, 0.3) is 0 Å². The molecule has 0 amide bonds. The molecule has 0 spiro atoms. The molecule has 0 saturated heterocycles. The standard InChI is InChI=1S/C19H20N2O2/c1-12-4-3-5-15(13(12)2)16(17-10-20-11-21-17)8-14-6-7-18(22)19(23)9-14/h3-7,9-11,16,22-23H,8H2,1-2H3,(H,20,21). The van der Waals surface area contributed by atoms with E-state index in [1.165, 1.54) is 22.8 Å². The smallest absolute Gasteiger partial charge is 0.157 e. The van der Waals surface area contributed by atoms with E-state index in [9.17, 15) is 10.2 Å². The van der Waals surface area contributed by atoms with Crippen molar-refractivity contribution >= 4 is 0 Å². The Balaban J connectivity index is 2.03. The summed E-state index contributed by atoms with van der Waals surface area (Å²) < 4.78 is 0. The number of hydrogen-bond acceptors (Lipinski definition) is 3. The number of hydrogen-bond donors (Lipinski definition) is 3. The van der Waals surface area contributed by atoms with E-state index in [-0.39, 0.29) is 17.4 Å². The van der Waals surface area contributed by atoms with Crippen molar-refractivity contribution in [1.82, 2.24) is 9.97 Å². The number of benzene rings is 2. The van der Waals surface area contributed by atoms with Crippen LogP contribution in [0.5, 0.6) is 11.5 Å². The van der Waals surface area contributed by atoms with Crippen LogP contribution in [0, 0.1) is 13.8 Å². The van der Waals surface area contributed by atoms with Gasteiger partial charge in [0.2, 0.25) is 0 Å². The zero-order valence-corrected chi connectivity index (χ0v) is 13.2. The molecule has 0 aliphatic carbocycles. The zero-order chi connectivity index (χ0) is 16.4. The lowest BCUT2D eigenvalue weighted by Gasteiger charge is -2.20.